The molecule has 1 heterocycles. The molecule has 0 saturated heterocycles. The summed E-state index contributed by atoms with van der Waals surface area (Å²) < 4.78 is 10.2. The lowest BCUT2D eigenvalue weighted by Gasteiger charge is -2.18. The summed E-state index contributed by atoms with van der Waals surface area (Å²) in [5.74, 6) is 0.549. The van der Waals surface area contributed by atoms with Gasteiger partial charge in [0, 0.05) is 6.04 Å². The molecule has 2 unspecified atom stereocenters. The number of aryl methyl sites for hydroxylation is 1. The molecule has 1 aromatic carbocycles. The molecule has 4 heteroatoms. The Morgan fingerprint density at radius 2 is 2.14 bits per heavy atom. The normalized spacial score (nSPS) is 18.3. The first-order chi connectivity index (χ1) is 10.2. The molecule has 2 aromatic rings. The molecule has 1 aliphatic rings. The summed E-state index contributed by atoms with van der Waals surface area (Å²) in [6.07, 6.45) is 2.19. The Kier molecular flexibility index (Phi) is 3.80. The van der Waals surface area contributed by atoms with Crippen LogP contribution < -0.4 is 5.32 Å². The molecule has 0 fully saturated rings. The van der Waals surface area contributed by atoms with Crippen molar-refractivity contribution >= 4 is 5.97 Å². The van der Waals surface area contributed by atoms with Crippen molar-refractivity contribution in [2.24, 2.45) is 0 Å². The predicted octanol–water partition coefficient (Wildman–Crippen LogP) is 3.40. The molecular weight excluding hydrogens is 266 g/mol. The van der Waals surface area contributed by atoms with Gasteiger partial charge in [0.25, 0.3) is 0 Å². The maximum absolute atomic E-state index is 11.4. The summed E-state index contributed by atoms with van der Waals surface area (Å²) >= 11 is 0. The lowest BCUT2D eigenvalue weighted by Crippen LogP contribution is -2.22. The highest BCUT2D eigenvalue weighted by molar-refractivity contribution is 5.86. The number of rotatable bonds is 4. The molecule has 21 heavy (non-hydrogen) atoms. The molecule has 0 aliphatic heterocycles. The van der Waals surface area contributed by atoms with Crippen LogP contribution in [0.25, 0.3) is 0 Å². The van der Waals surface area contributed by atoms with Crippen LogP contribution >= 0.6 is 0 Å². The number of hydrogen-bond acceptors (Lipinski definition) is 4. The first-order valence-corrected chi connectivity index (χ1v) is 7.21. The van der Waals surface area contributed by atoms with Gasteiger partial charge in [-0.1, -0.05) is 24.3 Å². The third kappa shape index (κ3) is 2.72. The Labute approximate surface area is 124 Å². The molecule has 3 rings (SSSR count). The predicted molar refractivity (Wildman–Crippen MR) is 79.1 cm³/mol. The fraction of sp³-hybridized carbons (Fsp3) is 0.353. The van der Waals surface area contributed by atoms with E-state index in [1.54, 1.807) is 6.07 Å². The average molecular weight is 285 g/mol. The van der Waals surface area contributed by atoms with E-state index in [1.165, 1.54) is 18.2 Å². The number of methoxy groups -OCH3 is 1. The highest BCUT2D eigenvalue weighted by Gasteiger charge is 2.24. The van der Waals surface area contributed by atoms with Crippen LogP contribution in [0.1, 0.15) is 52.9 Å². The summed E-state index contributed by atoms with van der Waals surface area (Å²) in [5, 5.41) is 3.58. The quantitative estimate of drug-likeness (QED) is 0.875. The molecule has 0 amide bonds. The summed E-state index contributed by atoms with van der Waals surface area (Å²) in [6, 6.07) is 12.4. The van der Waals surface area contributed by atoms with Gasteiger partial charge in [-0.3, -0.25) is 0 Å². The van der Waals surface area contributed by atoms with Crippen molar-refractivity contribution in [1.29, 1.82) is 0 Å². The van der Waals surface area contributed by atoms with Crippen molar-refractivity contribution in [2.45, 2.75) is 31.8 Å². The largest absolute Gasteiger partial charge is 0.463 e. The van der Waals surface area contributed by atoms with Crippen molar-refractivity contribution in [3.8, 4) is 0 Å². The highest BCUT2D eigenvalue weighted by atomic mass is 16.5. The fourth-order valence-corrected chi connectivity index (χ4v) is 2.91. The smallest absolute Gasteiger partial charge is 0.373 e. The zero-order valence-corrected chi connectivity index (χ0v) is 12.3. The Balaban J connectivity index is 1.71. The van der Waals surface area contributed by atoms with Crippen LogP contribution in [0.15, 0.2) is 40.8 Å². The lowest BCUT2D eigenvalue weighted by molar-refractivity contribution is 0.0562. The van der Waals surface area contributed by atoms with E-state index < -0.39 is 5.97 Å². The Morgan fingerprint density at radius 1 is 1.33 bits per heavy atom. The topological polar surface area (TPSA) is 51.5 Å². The Hall–Kier alpha value is -2.07. The molecular formula is C17H19NO3. The molecule has 0 bridgehead atoms. The summed E-state index contributed by atoms with van der Waals surface area (Å²) in [5.41, 5.74) is 2.78. The van der Waals surface area contributed by atoms with E-state index in [0.29, 0.717) is 6.04 Å². The first kappa shape index (κ1) is 13.9. The minimum atomic E-state index is -0.445. The van der Waals surface area contributed by atoms with Crippen molar-refractivity contribution in [3.63, 3.8) is 0 Å². The third-order valence-corrected chi connectivity index (χ3v) is 4.02. The number of fused-ring (bicyclic) bond motifs is 1. The minimum absolute atomic E-state index is 0.0413. The van der Waals surface area contributed by atoms with Crippen LogP contribution in [0.4, 0.5) is 0 Å². The van der Waals surface area contributed by atoms with Gasteiger partial charge in [0.1, 0.15) is 5.76 Å². The van der Waals surface area contributed by atoms with E-state index in [2.05, 4.69) is 34.3 Å². The maximum atomic E-state index is 11.4. The molecule has 0 saturated carbocycles. The molecule has 4 nitrogen and oxygen atoms in total. The number of ether oxygens (including phenoxy) is 1. The van der Waals surface area contributed by atoms with Crippen LogP contribution in [-0.4, -0.2) is 13.1 Å². The van der Waals surface area contributed by atoms with Gasteiger partial charge in [0.2, 0.25) is 5.76 Å². The minimum Gasteiger partial charge on any atom is -0.463 e. The Bertz CT molecular complexity index is 647. The number of esters is 1. The average Bonchev–Trinajstić information content (AvgIpc) is 3.14. The number of furan rings is 1. The SMILES string of the molecule is COC(=O)c1ccc(C(C)NC2CCc3ccccc32)o1. The van der Waals surface area contributed by atoms with Crippen LogP contribution in [0.5, 0.6) is 0 Å². The second-order valence-electron chi connectivity index (χ2n) is 5.37. The van der Waals surface area contributed by atoms with E-state index in [0.717, 1.165) is 18.6 Å². The van der Waals surface area contributed by atoms with Gasteiger partial charge in [0.15, 0.2) is 0 Å². The maximum Gasteiger partial charge on any atom is 0.373 e. The molecule has 1 aromatic heterocycles. The van der Waals surface area contributed by atoms with Crippen molar-refractivity contribution in [1.82, 2.24) is 5.32 Å². The van der Waals surface area contributed by atoms with Gasteiger partial charge in [-0.05, 0) is 43.0 Å². The van der Waals surface area contributed by atoms with Crippen molar-refractivity contribution in [2.75, 3.05) is 7.11 Å². The number of benzene rings is 1. The van der Waals surface area contributed by atoms with Crippen LogP contribution in [0, 0.1) is 0 Å². The van der Waals surface area contributed by atoms with Crippen molar-refractivity contribution in [3.05, 3.63) is 59.0 Å². The van der Waals surface area contributed by atoms with Gasteiger partial charge >= 0.3 is 5.97 Å². The molecule has 0 spiro atoms. The monoisotopic (exact) mass is 285 g/mol. The third-order valence-electron chi connectivity index (χ3n) is 4.02. The number of carbonyl (C=O) groups excluding carboxylic acids is 1. The van der Waals surface area contributed by atoms with E-state index in [1.807, 2.05) is 13.0 Å². The first-order valence-electron chi connectivity index (χ1n) is 7.21. The van der Waals surface area contributed by atoms with Crippen molar-refractivity contribution < 1.29 is 13.9 Å². The van der Waals surface area contributed by atoms with E-state index >= 15 is 0 Å². The fourth-order valence-electron chi connectivity index (χ4n) is 2.91. The van der Waals surface area contributed by atoms with E-state index in [9.17, 15) is 4.79 Å². The highest BCUT2D eigenvalue weighted by Crippen LogP contribution is 2.33. The number of nitrogens with one attached hydrogen (secondary N) is 1. The van der Waals surface area contributed by atoms with Gasteiger partial charge in [-0.25, -0.2) is 4.79 Å². The standard InChI is InChI=1S/C17H19NO3/c1-11(15-9-10-16(21-15)17(19)20-2)18-14-8-7-12-5-3-4-6-13(12)14/h3-6,9-11,14,18H,7-8H2,1-2H3. The summed E-state index contributed by atoms with van der Waals surface area (Å²) in [4.78, 5) is 11.4. The Morgan fingerprint density at radius 3 is 2.95 bits per heavy atom. The van der Waals surface area contributed by atoms with E-state index in [4.69, 9.17) is 4.42 Å². The number of carbonyl (C=O) groups is 1. The lowest BCUT2D eigenvalue weighted by atomic mass is 10.1. The summed E-state index contributed by atoms with van der Waals surface area (Å²) in [6.45, 7) is 2.04. The molecule has 0 radical (unpaired) electrons. The van der Waals surface area contributed by atoms with Gasteiger partial charge in [-0.2, -0.15) is 0 Å². The molecule has 110 valence electrons. The summed E-state index contributed by atoms with van der Waals surface area (Å²) in [7, 11) is 1.35. The van der Waals surface area contributed by atoms with Crippen LogP contribution in [-0.2, 0) is 11.2 Å². The van der Waals surface area contributed by atoms with Gasteiger partial charge in [0.05, 0.1) is 13.2 Å². The van der Waals surface area contributed by atoms with Gasteiger partial charge < -0.3 is 14.5 Å². The van der Waals surface area contributed by atoms with E-state index in [-0.39, 0.29) is 11.8 Å². The second-order valence-corrected chi connectivity index (χ2v) is 5.37. The molecule has 2 atom stereocenters. The van der Waals surface area contributed by atoms with Crippen LogP contribution in [0.3, 0.4) is 0 Å². The van der Waals surface area contributed by atoms with Gasteiger partial charge in [-0.15, -0.1) is 0 Å². The number of hydrogen-bond donors (Lipinski definition) is 1. The van der Waals surface area contributed by atoms with Crippen LogP contribution in [0.2, 0.25) is 0 Å². The zero-order chi connectivity index (χ0) is 14.8. The second kappa shape index (κ2) is 5.74. The molecule has 1 aliphatic carbocycles. The molecule has 1 N–H and O–H groups in total. The zero-order valence-electron chi connectivity index (χ0n) is 12.3.